The Bertz CT molecular complexity index is 1330. The van der Waals surface area contributed by atoms with Crippen LogP contribution in [0.4, 0.5) is 5.69 Å². The molecule has 5 heteroatoms. The molecule has 186 valence electrons. The molecule has 0 aromatic heterocycles. The van der Waals surface area contributed by atoms with Crippen LogP contribution in [0.15, 0.2) is 66.7 Å². The molecular weight excluding hydrogens is 450 g/mol. The number of phenols is 1. The Hall–Kier alpha value is -3.47. The van der Waals surface area contributed by atoms with Gasteiger partial charge in [-0.15, -0.1) is 0 Å². The first-order valence-electron chi connectivity index (χ1n) is 12.7. The van der Waals surface area contributed by atoms with Crippen LogP contribution in [0.25, 0.3) is 0 Å². The summed E-state index contributed by atoms with van der Waals surface area (Å²) in [5, 5.41) is 19.3. The summed E-state index contributed by atoms with van der Waals surface area (Å²) >= 11 is 0. The van der Waals surface area contributed by atoms with Crippen molar-refractivity contribution >= 4 is 11.7 Å². The molecule has 0 spiro atoms. The first kappa shape index (κ1) is 23.0. The zero-order valence-electron chi connectivity index (χ0n) is 20.9. The highest BCUT2D eigenvalue weighted by molar-refractivity contribution is 5.87. The maximum atomic E-state index is 11.4. The van der Waals surface area contributed by atoms with Gasteiger partial charge in [-0.1, -0.05) is 38.1 Å². The van der Waals surface area contributed by atoms with E-state index < -0.39 is 5.97 Å². The Morgan fingerprint density at radius 2 is 1.25 bits per heavy atom. The lowest BCUT2D eigenvalue weighted by molar-refractivity contribution is -0.126. The van der Waals surface area contributed by atoms with Crippen molar-refractivity contribution in [3.05, 3.63) is 83.4 Å². The van der Waals surface area contributed by atoms with Crippen LogP contribution in [0.1, 0.15) is 73.9 Å². The summed E-state index contributed by atoms with van der Waals surface area (Å²) in [6.45, 7) is 4.92. The van der Waals surface area contributed by atoms with Gasteiger partial charge in [0.25, 0.3) is 0 Å². The number of anilines is 1. The molecule has 4 fully saturated rings. The Balaban J connectivity index is 1.34. The van der Waals surface area contributed by atoms with Crippen LogP contribution in [-0.4, -0.2) is 16.2 Å². The van der Waals surface area contributed by atoms with Gasteiger partial charge in [0.15, 0.2) is 0 Å². The van der Waals surface area contributed by atoms with Gasteiger partial charge in [-0.25, -0.2) is 4.79 Å². The molecule has 0 radical (unpaired) electrons. The molecule has 0 saturated heterocycles. The second-order valence-electron chi connectivity index (χ2n) is 12.5. The Morgan fingerprint density at radius 1 is 0.750 bits per heavy atom. The predicted molar refractivity (Wildman–Crippen MR) is 140 cm³/mol. The summed E-state index contributed by atoms with van der Waals surface area (Å²) in [5.74, 6) is 0.414. The number of carbonyl (C=O) groups is 1. The molecule has 3 aromatic carbocycles. The highest BCUT2D eigenvalue weighted by Gasteiger charge is 2.66. The van der Waals surface area contributed by atoms with Gasteiger partial charge in [0.05, 0.1) is 11.3 Å². The lowest BCUT2D eigenvalue weighted by Crippen LogP contribution is -2.62. The molecule has 2 unspecified atom stereocenters. The van der Waals surface area contributed by atoms with Gasteiger partial charge in [0, 0.05) is 6.07 Å². The fourth-order valence-corrected chi connectivity index (χ4v) is 8.87. The third-order valence-corrected chi connectivity index (χ3v) is 9.04. The van der Waals surface area contributed by atoms with E-state index in [9.17, 15) is 15.0 Å². The molecule has 0 amide bonds. The molecule has 5 nitrogen and oxygen atoms in total. The normalized spacial score (nSPS) is 32.4. The first-order chi connectivity index (χ1) is 17.0. The van der Waals surface area contributed by atoms with Crippen LogP contribution < -0.4 is 10.5 Å². The van der Waals surface area contributed by atoms with Crippen molar-refractivity contribution in [2.45, 2.75) is 63.2 Å². The second-order valence-corrected chi connectivity index (χ2v) is 12.5. The van der Waals surface area contributed by atoms with Gasteiger partial charge in [-0.05, 0) is 108 Å². The van der Waals surface area contributed by atoms with Crippen LogP contribution >= 0.6 is 0 Å². The maximum Gasteiger partial charge on any atom is 0.335 e. The average Bonchev–Trinajstić information content (AvgIpc) is 2.80. The number of hydrogen-bond acceptors (Lipinski definition) is 4. The SMILES string of the molecule is CC12CC3(C)CC(c4ccc(Oc5ccc(N)c(O)c5)cc4)(C1)CC(c1ccc(C(=O)O)cc1)(C2)C3. The van der Waals surface area contributed by atoms with E-state index in [0.29, 0.717) is 17.0 Å². The van der Waals surface area contributed by atoms with Gasteiger partial charge < -0.3 is 20.7 Å². The number of hydrogen-bond donors (Lipinski definition) is 3. The van der Waals surface area contributed by atoms with Gasteiger partial charge in [-0.2, -0.15) is 0 Å². The summed E-state index contributed by atoms with van der Waals surface area (Å²) in [5.41, 5.74) is 9.69. The zero-order chi connectivity index (χ0) is 25.3. The number of ether oxygens (including phenoxy) is 1. The maximum absolute atomic E-state index is 11.4. The topological polar surface area (TPSA) is 92.8 Å². The summed E-state index contributed by atoms with van der Waals surface area (Å²) in [6.07, 6.45) is 7.01. The van der Waals surface area contributed by atoms with Gasteiger partial charge >= 0.3 is 5.97 Å². The Labute approximate surface area is 211 Å². The standard InChI is InChI=1S/C31H33NO4/c1-28-14-29(2)16-30(15-28,21-5-3-20(4-6-21)27(34)35)19-31(17-28,18-29)22-7-9-23(10-8-22)36-24-11-12-25(32)26(33)13-24/h3-13,33H,14-19,32H2,1-2H3,(H,34,35). The van der Waals surface area contributed by atoms with E-state index in [0.717, 1.165) is 25.0 Å². The number of benzene rings is 3. The van der Waals surface area contributed by atoms with Crippen LogP contribution in [-0.2, 0) is 10.8 Å². The number of aromatic hydroxyl groups is 1. The van der Waals surface area contributed by atoms with Crippen molar-refractivity contribution in [2.24, 2.45) is 10.8 Å². The predicted octanol–water partition coefficient (Wildman–Crippen LogP) is 7.03. The quantitative estimate of drug-likeness (QED) is 0.267. The number of phenolic OH excluding ortho intramolecular Hbond substituents is 1. The van der Waals surface area contributed by atoms with E-state index in [1.165, 1.54) is 36.5 Å². The zero-order valence-corrected chi connectivity index (χ0v) is 20.9. The molecule has 4 bridgehead atoms. The lowest BCUT2D eigenvalue weighted by Gasteiger charge is -2.70. The summed E-state index contributed by atoms with van der Waals surface area (Å²) < 4.78 is 5.98. The van der Waals surface area contributed by atoms with E-state index in [-0.39, 0.29) is 27.4 Å². The van der Waals surface area contributed by atoms with Crippen molar-refractivity contribution in [1.29, 1.82) is 0 Å². The van der Waals surface area contributed by atoms with Gasteiger partial charge in [0.2, 0.25) is 0 Å². The molecule has 36 heavy (non-hydrogen) atoms. The fourth-order valence-electron chi connectivity index (χ4n) is 8.87. The van der Waals surface area contributed by atoms with E-state index in [4.69, 9.17) is 10.5 Å². The molecule has 7 rings (SSSR count). The Morgan fingerprint density at radius 3 is 1.75 bits per heavy atom. The van der Waals surface area contributed by atoms with Gasteiger partial charge in [0.1, 0.15) is 17.2 Å². The fraction of sp³-hybridized carbons (Fsp3) is 0.387. The monoisotopic (exact) mass is 483 g/mol. The first-order valence-corrected chi connectivity index (χ1v) is 12.7. The van der Waals surface area contributed by atoms with Crippen LogP contribution in [0, 0.1) is 10.8 Å². The molecule has 0 heterocycles. The van der Waals surface area contributed by atoms with Gasteiger partial charge in [-0.3, -0.25) is 0 Å². The van der Waals surface area contributed by atoms with Crippen LogP contribution in [0.2, 0.25) is 0 Å². The van der Waals surface area contributed by atoms with E-state index in [1.54, 1.807) is 24.3 Å². The molecule has 2 atom stereocenters. The van der Waals surface area contributed by atoms with E-state index in [2.05, 4.69) is 38.1 Å². The number of aromatic carboxylic acids is 1. The molecular formula is C31H33NO4. The molecule has 3 aromatic rings. The van der Waals surface area contributed by atoms with Crippen molar-refractivity contribution in [2.75, 3.05) is 5.73 Å². The Kier molecular flexibility index (Phi) is 4.79. The minimum atomic E-state index is -0.876. The second kappa shape index (κ2) is 7.52. The van der Waals surface area contributed by atoms with Crippen molar-refractivity contribution in [1.82, 2.24) is 0 Å². The summed E-state index contributed by atoms with van der Waals surface area (Å²) in [6, 6.07) is 21.1. The third kappa shape index (κ3) is 3.64. The number of nitrogens with two attached hydrogens (primary N) is 1. The molecule has 4 N–H and O–H groups in total. The minimum Gasteiger partial charge on any atom is -0.506 e. The molecule has 0 aliphatic heterocycles. The summed E-state index contributed by atoms with van der Waals surface area (Å²) in [7, 11) is 0. The molecule has 4 saturated carbocycles. The van der Waals surface area contributed by atoms with Crippen LogP contribution in [0.3, 0.4) is 0 Å². The third-order valence-electron chi connectivity index (χ3n) is 9.04. The minimum absolute atomic E-state index is 0.0147. The highest BCUT2D eigenvalue weighted by atomic mass is 16.5. The number of nitrogen functional groups attached to an aromatic ring is 1. The lowest BCUT2D eigenvalue weighted by atomic mass is 9.34. The molecule has 4 aliphatic carbocycles. The van der Waals surface area contributed by atoms with Crippen molar-refractivity contribution < 1.29 is 19.7 Å². The smallest absolute Gasteiger partial charge is 0.335 e. The largest absolute Gasteiger partial charge is 0.506 e. The number of rotatable bonds is 5. The van der Waals surface area contributed by atoms with Crippen molar-refractivity contribution in [3.8, 4) is 17.2 Å². The summed E-state index contributed by atoms with van der Waals surface area (Å²) in [4.78, 5) is 11.4. The number of carboxylic acid groups (broad SMARTS) is 1. The average molecular weight is 484 g/mol. The van der Waals surface area contributed by atoms with E-state index >= 15 is 0 Å². The number of carboxylic acids is 1. The van der Waals surface area contributed by atoms with Crippen LogP contribution in [0.5, 0.6) is 17.2 Å². The van der Waals surface area contributed by atoms with Crippen molar-refractivity contribution in [3.63, 3.8) is 0 Å². The van der Waals surface area contributed by atoms with E-state index in [1.807, 2.05) is 12.1 Å². The molecule has 4 aliphatic rings. The highest BCUT2D eigenvalue weighted by Crippen LogP contribution is 2.74.